The highest BCUT2D eigenvalue weighted by atomic mass is 32.2. The van der Waals surface area contributed by atoms with E-state index in [-0.39, 0.29) is 5.25 Å². The zero-order valence-corrected chi connectivity index (χ0v) is 11.7. The van der Waals surface area contributed by atoms with Crippen LogP contribution in [0.2, 0.25) is 0 Å². The SMILES string of the molecule is O=S(=O)(NCCOc1ccccc1)C1CCNCC1. The van der Waals surface area contributed by atoms with Crippen molar-refractivity contribution in [1.82, 2.24) is 10.0 Å². The number of ether oxygens (including phenoxy) is 1. The molecule has 1 aliphatic rings. The topological polar surface area (TPSA) is 67.4 Å². The van der Waals surface area contributed by atoms with Gasteiger partial charge in [0.2, 0.25) is 10.0 Å². The fraction of sp³-hybridized carbons (Fsp3) is 0.538. The average molecular weight is 284 g/mol. The molecule has 0 atom stereocenters. The van der Waals surface area contributed by atoms with Crippen LogP contribution in [0.1, 0.15) is 12.8 Å². The number of nitrogens with one attached hydrogen (secondary N) is 2. The van der Waals surface area contributed by atoms with E-state index >= 15 is 0 Å². The Morgan fingerprint density at radius 2 is 1.89 bits per heavy atom. The summed E-state index contributed by atoms with van der Waals surface area (Å²) in [7, 11) is -3.21. The molecule has 0 bridgehead atoms. The molecule has 1 aromatic rings. The second kappa shape index (κ2) is 6.88. The van der Waals surface area contributed by atoms with Crippen LogP contribution in [0, 0.1) is 0 Å². The van der Waals surface area contributed by atoms with Crippen LogP contribution in [-0.4, -0.2) is 39.9 Å². The molecule has 2 rings (SSSR count). The molecule has 0 spiro atoms. The Morgan fingerprint density at radius 3 is 2.58 bits per heavy atom. The predicted molar refractivity (Wildman–Crippen MR) is 74.8 cm³/mol. The summed E-state index contributed by atoms with van der Waals surface area (Å²) in [4.78, 5) is 0. The van der Waals surface area contributed by atoms with Gasteiger partial charge in [0, 0.05) is 6.54 Å². The van der Waals surface area contributed by atoms with Crippen LogP contribution in [0.4, 0.5) is 0 Å². The molecule has 0 amide bonds. The summed E-state index contributed by atoms with van der Waals surface area (Å²) < 4.78 is 32.1. The van der Waals surface area contributed by atoms with Gasteiger partial charge in [0.05, 0.1) is 5.25 Å². The van der Waals surface area contributed by atoms with E-state index in [4.69, 9.17) is 4.74 Å². The van der Waals surface area contributed by atoms with Gasteiger partial charge >= 0.3 is 0 Å². The number of para-hydroxylation sites is 1. The third-order valence-electron chi connectivity index (χ3n) is 3.14. The Balaban J connectivity index is 1.72. The molecule has 1 saturated heterocycles. The molecule has 19 heavy (non-hydrogen) atoms. The van der Waals surface area contributed by atoms with Crippen LogP contribution in [-0.2, 0) is 10.0 Å². The van der Waals surface area contributed by atoms with Crippen LogP contribution >= 0.6 is 0 Å². The van der Waals surface area contributed by atoms with Crippen molar-refractivity contribution in [3.8, 4) is 5.75 Å². The van der Waals surface area contributed by atoms with Crippen LogP contribution < -0.4 is 14.8 Å². The molecule has 5 nitrogen and oxygen atoms in total. The highest BCUT2D eigenvalue weighted by molar-refractivity contribution is 7.90. The Labute approximate surface area is 114 Å². The third kappa shape index (κ3) is 4.49. The van der Waals surface area contributed by atoms with Gasteiger partial charge in [0.25, 0.3) is 0 Å². The Bertz CT molecular complexity index is 470. The monoisotopic (exact) mass is 284 g/mol. The molecule has 0 aliphatic carbocycles. The first-order valence-corrected chi connectivity index (χ1v) is 8.10. The van der Waals surface area contributed by atoms with Gasteiger partial charge in [-0.25, -0.2) is 13.1 Å². The summed E-state index contributed by atoms with van der Waals surface area (Å²) in [5.41, 5.74) is 0. The summed E-state index contributed by atoms with van der Waals surface area (Å²) in [6.45, 7) is 2.19. The van der Waals surface area contributed by atoms with Gasteiger partial charge in [-0.2, -0.15) is 0 Å². The van der Waals surface area contributed by atoms with E-state index in [9.17, 15) is 8.42 Å². The minimum absolute atomic E-state index is 0.273. The van der Waals surface area contributed by atoms with E-state index < -0.39 is 10.0 Å². The highest BCUT2D eigenvalue weighted by Crippen LogP contribution is 2.12. The van der Waals surface area contributed by atoms with E-state index in [1.54, 1.807) is 0 Å². The van der Waals surface area contributed by atoms with Crippen molar-refractivity contribution in [1.29, 1.82) is 0 Å². The van der Waals surface area contributed by atoms with Crippen LogP contribution in [0.15, 0.2) is 30.3 Å². The molecular formula is C13H20N2O3S. The first-order valence-electron chi connectivity index (χ1n) is 6.55. The molecule has 2 N–H and O–H groups in total. The second-order valence-corrected chi connectivity index (χ2v) is 6.60. The van der Waals surface area contributed by atoms with Gasteiger partial charge in [-0.15, -0.1) is 0 Å². The minimum Gasteiger partial charge on any atom is -0.492 e. The molecule has 1 aromatic carbocycles. The van der Waals surface area contributed by atoms with E-state index in [2.05, 4.69) is 10.0 Å². The van der Waals surface area contributed by atoms with Crippen molar-refractivity contribution in [3.63, 3.8) is 0 Å². The summed E-state index contributed by atoms with van der Waals surface area (Å²) in [5, 5.41) is 2.89. The maximum absolute atomic E-state index is 12.0. The lowest BCUT2D eigenvalue weighted by molar-refractivity contribution is 0.322. The molecular weight excluding hydrogens is 264 g/mol. The van der Waals surface area contributed by atoms with E-state index in [1.807, 2.05) is 30.3 Å². The second-order valence-electron chi connectivity index (χ2n) is 4.55. The van der Waals surface area contributed by atoms with Crippen molar-refractivity contribution in [3.05, 3.63) is 30.3 Å². The average Bonchev–Trinajstić information content (AvgIpc) is 2.46. The standard InChI is InChI=1S/C13H20N2O3S/c16-19(17,13-6-8-14-9-7-13)15-10-11-18-12-4-2-1-3-5-12/h1-5,13-15H,6-11H2. The third-order valence-corrected chi connectivity index (χ3v) is 5.10. The Kier molecular flexibility index (Phi) is 5.18. The van der Waals surface area contributed by atoms with Gasteiger partial charge in [-0.3, -0.25) is 0 Å². The van der Waals surface area contributed by atoms with Crippen LogP contribution in [0.25, 0.3) is 0 Å². The summed E-state index contributed by atoms with van der Waals surface area (Å²) in [5.74, 6) is 0.753. The van der Waals surface area contributed by atoms with E-state index in [0.717, 1.165) is 18.8 Å². The van der Waals surface area contributed by atoms with Gasteiger partial charge in [0.1, 0.15) is 12.4 Å². The number of sulfonamides is 1. The lowest BCUT2D eigenvalue weighted by Gasteiger charge is -2.22. The zero-order chi connectivity index (χ0) is 13.6. The fourth-order valence-corrected chi connectivity index (χ4v) is 3.55. The zero-order valence-electron chi connectivity index (χ0n) is 10.8. The Morgan fingerprint density at radius 1 is 1.21 bits per heavy atom. The normalized spacial score (nSPS) is 17.3. The van der Waals surface area contributed by atoms with Gasteiger partial charge in [0.15, 0.2) is 0 Å². The van der Waals surface area contributed by atoms with Gasteiger partial charge < -0.3 is 10.1 Å². The highest BCUT2D eigenvalue weighted by Gasteiger charge is 2.26. The Hall–Kier alpha value is -1.11. The summed E-state index contributed by atoms with van der Waals surface area (Å²) in [6.07, 6.45) is 1.35. The number of hydrogen-bond donors (Lipinski definition) is 2. The molecule has 1 fully saturated rings. The molecule has 0 saturated carbocycles. The quantitative estimate of drug-likeness (QED) is 0.756. The van der Waals surface area contributed by atoms with Gasteiger partial charge in [-0.1, -0.05) is 18.2 Å². The van der Waals surface area contributed by atoms with Crippen molar-refractivity contribution in [2.75, 3.05) is 26.2 Å². The maximum Gasteiger partial charge on any atom is 0.214 e. The first-order chi connectivity index (χ1) is 9.18. The van der Waals surface area contributed by atoms with Gasteiger partial charge in [-0.05, 0) is 38.1 Å². The number of hydrogen-bond acceptors (Lipinski definition) is 4. The van der Waals surface area contributed by atoms with Crippen LogP contribution in [0.3, 0.4) is 0 Å². The molecule has 0 aromatic heterocycles. The summed E-state index contributed by atoms with van der Waals surface area (Å²) in [6, 6.07) is 9.37. The molecule has 106 valence electrons. The van der Waals surface area contributed by atoms with Crippen molar-refractivity contribution < 1.29 is 13.2 Å². The minimum atomic E-state index is -3.21. The fourth-order valence-electron chi connectivity index (χ4n) is 2.09. The van der Waals surface area contributed by atoms with Crippen molar-refractivity contribution in [2.45, 2.75) is 18.1 Å². The summed E-state index contributed by atoms with van der Waals surface area (Å²) >= 11 is 0. The van der Waals surface area contributed by atoms with E-state index in [1.165, 1.54) is 0 Å². The molecule has 1 aliphatic heterocycles. The molecule has 0 unspecified atom stereocenters. The van der Waals surface area contributed by atoms with E-state index in [0.29, 0.717) is 26.0 Å². The lowest BCUT2D eigenvalue weighted by atomic mass is 10.2. The molecule has 1 heterocycles. The largest absolute Gasteiger partial charge is 0.492 e. The number of piperidine rings is 1. The number of benzene rings is 1. The van der Waals surface area contributed by atoms with Crippen LogP contribution in [0.5, 0.6) is 5.75 Å². The molecule has 6 heteroatoms. The number of rotatable bonds is 6. The molecule has 0 radical (unpaired) electrons. The lowest BCUT2D eigenvalue weighted by Crippen LogP contribution is -2.42. The van der Waals surface area contributed by atoms with Crippen molar-refractivity contribution in [2.24, 2.45) is 0 Å². The predicted octanol–water partition coefficient (Wildman–Crippen LogP) is 0.737. The maximum atomic E-state index is 12.0. The van der Waals surface area contributed by atoms with Crippen molar-refractivity contribution >= 4 is 10.0 Å². The first kappa shape index (κ1) is 14.3. The smallest absolute Gasteiger partial charge is 0.214 e.